The number of nitrogens with one attached hydrogen (secondary N) is 1. The van der Waals surface area contributed by atoms with Gasteiger partial charge < -0.3 is 18.9 Å². The van der Waals surface area contributed by atoms with Crippen molar-refractivity contribution < 1.29 is 33.3 Å². The molecule has 11 nitrogen and oxygen atoms in total. The number of aromatic nitrogens is 2. The Morgan fingerprint density at radius 3 is 2.29 bits per heavy atom. The molecule has 0 bridgehead atoms. The van der Waals surface area contributed by atoms with Crippen molar-refractivity contribution >= 4 is 24.0 Å². The molecule has 1 aromatic rings. The van der Waals surface area contributed by atoms with Crippen molar-refractivity contribution in [1.29, 1.82) is 0 Å². The summed E-state index contributed by atoms with van der Waals surface area (Å²) >= 11 is 0. The third-order valence-electron chi connectivity index (χ3n) is 3.83. The Kier molecular flexibility index (Phi) is 6.52. The van der Waals surface area contributed by atoms with E-state index in [0.29, 0.717) is 0 Å². The molecule has 1 aromatic heterocycles. The summed E-state index contributed by atoms with van der Waals surface area (Å²) < 4.78 is 22.0. The van der Waals surface area contributed by atoms with Crippen LogP contribution in [0.4, 0.5) is 0 Å². The van der Waals surface area contributed by atoms with E-state index in [1.165, 1.54) is 19.2 Å². The molecule has 0 radical (unpaired) electrons. The van der Waals surface area contributed by atoms with Crippen molar-refractivity contribution in [2.75, 3.05) is 6.61 Å². The Morgan fingerprint density at radius 1 is 1.14 bits per heavy atom. The van der Waals surface area contributed by atoms with Crippen LogP contribution in [0.1, 0.15) is 32.6 Å². The summed E-state index contributed by atoms with van der Waals surface area (Å²) in [6.45, 7) is 6.63. The summed E-state index contributed by atoms with van der Waals surface area (Å²) in [5, 5.41) is 0. The number of rotatable bonds is 6. The monoisotopic (exact) mass is 396 g/mol. The molecule has 152 valence electrons. The molecule has 0 spiro atoms. The normalized spacial score (nSPS) is 23.7. The minimum atomic E-state index is -1.25. The minimum Gasteiger partial charge on any atom is -0.463 e. The molecule has 1 fully saturated rings. The highest BCUT2D eigenvalue weighted by atomic mass is 16.7. The molecule has 1 N–H and O–H groups in total. The maximum Gasteiger partial charge on any atom is 0.330 e. The lowest BCUT2D eigenvalue weighted by molar-refractivity contribution is -0.166. The van der Waals surface area contributed by atoms with Crippen LogP contribution in [-0.4, -0.2) is 52.4 Å². The van der Waals surface area contributed by atoms with Gasteiger partial charge in [0.2, 0.25) is 0 Å². The maximum absolute atomic E-state index is 12.3. The molecule has 2 rings (SSSR count). The van der Waals surface area contributed by atoms with Crippen molar-refractivity contribution in [1.82, 2.24) is 9.55 Å². The fourth-order valence-corrected chi connectivity index (χ4v) is 2.75. The van der Waals surface area contributed by atoms with E-state index in [1.807, 2.05) is 0 Å². The highest BCUT2D eigenvalue weighted by Crippen LogP contribution is 2.33. The average Bonchev–Trinajstić information content (AvgIpc) is 2.89. The van der Waals surface area contributed by atoms with E-state index in [1.54, 1.807) is 0 Å². The van der Waals surface area contributed by atoms with E-state index in [4.69, 9.17) is 18.9 Å². The van der Waals surface area contributed by atoms with Gasteiger partial charge in [0.15, 0.2) is 18.4 Å². The van der Waals surface area contributed by atoms with Gasteiger partial charge in [-0.15, -0.1) is 0 Å². The van der Waals surface area contributed by atoms with Gasteiger partial charge in [0.05, 0.1) is 5.56 Å². The highest BCUT2D eigenvalue weighted by Gasteiger charge is 2.50. The number of nitrogens with zero attached hydrogens (tertiary/aromatic N) is 1. The highest BCUT2D eigenvalue weighted by molar-refractivity contribution is 5.68. The first-order valence-corrected chi connectivity index (χ1v) is 8.25. The molecule has 1 saturated heterocycles. The predicted octanol–water partition coefficient (Wildman–Crippen LogP) is -0.496. The molecule has 0 saturated carbocycles. The van der Waals surface area contributed by atoms with E-state index >= 15 is 0 Å². The maximum atomic E-state index is 12.3. The summed E-state index contributed by atoms with van der Waals surface area (Å²) in [5.74, 6) is -2.02. The third kappa shape index (κ3) is 4.74. The summed E-state index contributed by atoms with van der Waals surface area (Å²) in [7, 11) is 0. The largest absolute Gasteiger partial charge is 0.463 e. The van der Waals surface area contributed by atoms with Crippen LogP contribution in [0.3, 0.4) is 0 Å². The van der Waals surface area contributed by atoms with Crippen LogP contribution in [0, 0.1) is 0 Å². The van der Waals surface area contributed by atoms with Gasteiger partial charge in [-0.1, -0.05) is 12.7 Å². The molecule has 28 heavy (non-hydrogen) atoms. The number of aromatic amines is 1. The van der Waals surface area contributed by atoms with Crippen molar-refractivity contribution in [3.8, 4) is 0 Å². The van der Waals surface area contributed by atoms with Crippen molar-refractivity contribution in [3.63, 3.8) is 0 Å². The van der Waals surface area contributed by atoms with E-state index in [-0.39, 0.29) is 12.2 Å². The SMILES string of the molecule is C=Cc1cn([C@@H]2O[C@H](COC(C)=O)[C@H](OC(C)=O)[C@H]2OC(C)=O)c(=O)[nH]c1=O. The number of ether oxygens (including phenoxy) is 4. The quantitative estimate of drug-likeness (QED) is 0.497. The van der Waals surface area contributed by atoms with E-state index in [2.05, 4.69) is 11.6 Å². The van der Waals surface area contributed by atoms with Crippen LogP contribution in [0.15, 0.2) is 22.4 Å². The van der Waals surface area contributed by atoms with Gasteiger partial charge >= 0.3 is 23.6 Å². The van der Waals surface area contributed by atoms with E-state index < -0.39 is 53.7 Å². The number of carbonyl (C=O) groups excluding carboxylic acids is 3. The van der Waals surface area contributed by atoms with Crippen LogP contribution in [0.25, 0.3) is 6.08 Å². The fraction of sp³-hybridized carbons (Fsp3) is 0.471. The lowest BCUT2D eigenvalue weighted by atomic mass is 10.1. The van der Waals surface area contributed by atoms with Crippen LogP contribution in [0.2, 0.25) is 0 Å². The molecular weight excluding hydrogens is 376 g/mol. The summed E-state index contributed by atoms with van der Waals surface area (Å²) in [6.07, 6.45) is -2.26. The van der Waals surface area contributed by atoms with Gasteiger partial charge in [-0.3, -0.25) is 28.7 Å². The van der Waals surface area contributed by atoms with Gasteiger partial charge in [0.1, 0.15) is 12.7 Å². The van der Waals surface area contributed by atoms with Crippen LogP contribution < -0.4 is 11.2 Å². The van der Waals surface area contributed by atoms with Crippen LogP contribution in [-0.2, 0) is 33.3 Å². The summed E-state index contributed by atoms with van der Waals surface area (Å²) in [5.41, 5.74) is -1.43. The second-order valence-electron chi connectivity index (χ2n) is 5.97. The zero-order valence-corrected chi connectivity index (χ0v) is 15.5. The van der Waals surface area contributed by atoms with Crippen molar-refractivity contribution in [2.45, 2.75) is 45.3 Å². The van der Waals surface area contributed by atoms with Gasteiger partial charge in [0.25, 0.3) is 5.56 Å². The van der Waals surface area contributed by atoms with Gasteiger partial charge in [-0.25, -0.2) is 4.79 Å². The first-order valence-electron chi connectivity index (χ1n) is 8.25. The molecule has 1 aliphatic heterocycles. The Labute approximate surface area is 158 Å². The minimum absolute atomic E-state index is 0.0669. The molecule has 0 aromatic carbocycles. The number of hydrogen-bond donors (Lipinski definition) is 1. The smallest absolute Gasteiger partial charge is 0.330 e. The molecule has 4 atom stereocenters. The fourth-order valence-electron chi connectivity index (χ4n) is 2.75. The second-order valence-corrected chi connectivity index (χ2v) is 5.97. The Hall–Kier alpha value is -3.21. The summed E-state index contributed by atoms with van der Waals surface area (Å²) in [4.78, 5) is 60.4. The summed E-state index contributed by atoms with van der Waals surface area (Å²) in [6, 6.07) is 0. The molecule has 1 aliphatic rings. The Morgan fingerprint density at radius 2 is 1.75 bits per heavy atom. The lowest BCUT2D eigenvalue weighted by Crippen LogP contribution is -2.42. The number of carbonyl (C=O) groups is 3. The van der Waals surface area contributed by atoms with Crippen molar-refractivity contribution in [3.05, 3.63) is 39.2 Å². The first-order chi connectivity index (χ1) is 13.1. The van der Waals surface area contributed by atoms with Crippen LogP contribution in [0.5, 0.6) is 0 Å². The van der Waals surface area contributed by atoms with Crippen molar-refractivity contribution in [2.24, 2.45) is 0 Å². The molecule has 11 heteroatoms. The molecule has 0 unspecified atom stereocenters. The third-order valence-corrected chi connectivity index (χ3v) is 3.83. The Bertz CT molecular complexity index is 901. The van der Waals surface area contributed by atoms with Gasteiger partial charge in [-0.05, 0) is 0 Å². The van der Waals surface area contributed by atoms with E-state index in [9.17, 15) is 24.0 Å². The lowest BCUT2D eigenvalue weighted by Gasteiger charge is -2.24. The number of hydrogen-bond acceptors (Lipinski definition) is 9. The average molecular weight is 396 g/mol. The van der Waals surface area contributed by atoms with E-state index in [0.717, 1.165) is 18.4 Å². The molecule has 2 heterocycles. The second kappa shape index (κ2) is 8.65. The molecule has 0 aliphatic carbocycles. The van der Waals surface area contributed by atoms with Gasteiger partial charge in [-0.2, -0.15) is 0 Å². The topological polar surface area (TPSA) is 143 Å². The molecular formula is C17H20N2O9. The van der Waals surface area contributed by atoms with Crippen LogP contribution >= 0.6 is 0 Å². The standard InChI is InChI=1S/C17H20N2O9/c1-5-11-6-19(17(24)18-15(11)23)16-14(27-10(4)22)13(26-9(3)21)12(28-16)7-25-8(2)20/h5-6,12-14,16H,1,7H2,2-4H3,(H,18,23,24)/t12-,13+,14-,16-/m1/s1. The number of esters is 3. The molecule has 0 amide bonds. The van der Waals surface area contributed by atoms with Gasteiger partial charge in [0, 0.05) is 27.0 Å². The zero-order valence-electron chi connectivity index (χ0n) is 15.5. The Balaban J connectivity index is 2.51. The zero-order chi connectivity index (χ0) is 21.0. The first kappa shape index (κ1) is 21.1. The number of H-pyrrole nitrogens is 1. The predicted molar refractivity (Wildman–Crippen MR) is 93.1 cm³/mol.